The molecule has 1 aromatic carbocycles. The number of hydrogen-bond acceptors (Lipinski definition) is 5. The van der Waals surface area contributed by atoms with Crippen LogP contribution in [0.3, 0.4) is 0 Å². The Balaban J connectivity index is 1.80. The number of carbonyl (C=O) groups excluding carboxylic acids is 1. The Kier molecular flexibility index (Phi) is 4.99. The molecular weight excluding hydrogens is 388 g/mol. The van der Waals surface area contributed by atoms with Crippen LogP contribution in [-0.2, 0) is 0 Å². The Morgan fingerprint density at radius 2 is 1.92 bits per heavy atom. The van der Waals surface area contributed by atoms with Gasteiger partial charge in [0.2, 0.25) is 0 Å². The predicted octanol–water partition coefficient (Wildman–Crippen LogP) is 3.30. The normalized spacial score (nSPS) is 10.4. The van der Waals surface area contributed by atoms with Gasteiger partial charge in [0.25, 0.3) is 5.91 Å². The average Bonchev–Trinajstić information content (AvgIpc) is 3.17. The molecule has 25 heavy (non-hydrogen) atoms. The number of benzene rings is 1. The lowest BCUT2D eigenvalue weighted by molar-refractivity contribution is 0.102. The van der Waals surface area contributed by atoms with Crippen molar-refractivity contribution in [3.8, 4) is 17.3 Å². The van der Waals surface area contributed by atoms with Crippen LogP contribution < -0.4 is 14.8 Å². The highest BCUT2D eigenvalue weighted by Gasteiger charge is 2.15. The van der Waals surface area contributed by atoms with Gasteiger partial charge in [0.15, 0.2) is 5.82 Å². The number of methoxy groups -OCH3 is 2. The first-order valence-corrected chi connectivity index (χ1v) is 8.10. The van der Waals surface area contributed by atoms with E-state index < -0.39 is 0 Å². The summed E-state index contributed by atoms with van der Waals surface area (Å²) in [6, 6.07) is 8.60. The van der Waals surface area contributed by atoms with Crippen LogP contribution in [0.25, 0.3) is 5.82 Å². The maximum Gasteiger partial charge on any atom is 0.255 e. The van der Waals surface area contributed by atoms with Crippen molar-refractivity contribution in [2.75, 3.05) is 19.5 Å². The van der Waals surface area contributed by atoms with Crippen molar-refractivity contribution in [2.45, 2.75) is 0 Å². The number of aromatic nitrogens is 3. The SMILES string of the molecule is COc1cc(C(=O)Nc2ccc(-n3cccn3)nc2)cc(OC)c1Br. The van der Waals surface area contributed by atoms with Crippen molar-refractivity contribution in [3.63, 3.8) is 0 Å². The maximum absolute atomic E-state index is 12.5. The molecule has 0 fully saturated rings. The molecule has 0 bridgehead atoms. The molecule has 0 unspecified atom stereocenters. The topological polar surface area (TPSA) is 78.3 Å². The maximum atomic E-state index is 12.5. The average molecular weight is 403 g/mol. The number of pyridine rings is 1. The van der Waals surface area contributed by atoms with Gasteiger partial charge in [-0.2, -0.15) is 5.10 Å². The van der Waals surface area contributed by atoms with E-state index in [9.17, 15) is 4.79 Å². The molecular formula is C17H15BrN4O3. The number of rotatable bonds is 5. The number of carbonyl (C=O) groups is 1. The van der Waals surface area contributed by atoms with Crippen LogP contribution in [-0.4, -0.2) is 34.9 Å². The summed E-state index contributed by atoms with van der Waals surface area (Å²) in [5.41, 5.74) is 0.981. The van der Waals surface area contributed by atoms with E-state index in [0.717, 1.165) is 0 Å². The predicted molar refractivity (Wildman–Crippen MR) is 96.6 cm³/mol. The van der Waals surface area contributed by atoms with Gasteiger partial charge in [-0.25, -0.2) is 9.67 Å². The number of ether oxygens (including phenoxy) is 2. The molecule has 0 aliphatic heterocycles. The molecule has 0 atom stereocenters. The first-order valence-electron chi connectivity index (χ1n) is 7.31. The smallest absolute Gasteiger partial charge is 0.255 e. The van der Waals surface area contributed by atoms with Gasteiger partial charge in [-0.1, -0.05) is 0 Å². The molecule has 7 nitrogen and oxygen atoms in total. The first-order chi connectivity index (χ1) is 12.1. The molecule has 0 saturated carbocycles. The summed E-state index contributed by atoms with van der Waals surface area (Å²) in [6.45, 7) is 0. The van der Waals surface area contributed by atoms with E-state index >= 15 is 0 Å². The molecule has 2 aromatic heterocycles. The van der Waals surface area contributed by atoms with Crippen LogP contribution in [0.5, 0.6) is 11.5 Å². The molecule has 128 valence electrons. The number of anilines is 1. The Labute approximate surface area is 152 Å². The highest BCUT2D eigenvalue weighted by molar-refractivity contribution is 9.10. The molecule has 1 amide bonds. The molecule has 0 aliphatic rings. The lowest BCUT2D eigenvalue weighted by Gasteiger charge is -2.12. The zero-order valence-corrected chi connectivity index (χ0v) is 15.1. The van der Waals surface area contributed by atoms with Crippen molar-refractivity contribution in [3.05, 3.63) is 59.0 Å². The van der Waals surface area contributed by atoms with Crippen molar-refractivity contribution < 1.29 is 14.3 Å². The third-order valence-corrected chi connectivity index (χ3v) is 4.23. The van der Waals surface area contributed by atoms with Gasteiger partial charge >= 0.3 is 0 Å². The second kappa shape index (κ2) is 7.35. The third-order valence-electron chi connectivity index (χ3n) is 3.45. The van der Waals surface area contributed by atoms with E-state index in [2.05, 4.69) is 31.3 Å². The van der Waals surface area contributed by atoms with Gasteiger partial charge in [0, 0.05) is 18.0 Å². The number of hydrogen-bond donors (Lipinski definition) is 1. The van der Waals surface area contributed by atoms with Crippen LogP contribution in [0.4, 0.5) is 5.69 Å². The van der Waals surface area contributed by atoms with Gasteiger partial charge in [-0.15, -0.1) is 0 Å². The Hall–Kier alpha value is -2.87. The minimum atomic E-state index is -0.294. The van der Waals surface area contributed by atoms with Crippen molar-refractivity contribution in [2.24, 2.45) is 0 Å². The molecule has 2 heterocycles. The summed E-state index contributed by atoms with van der Waals surface area (Å²) in [5.74, 6) is 1.39. The van der Waals surface area contributed by atoms with Crippen LogP contribution >= 0.6 is 15.9 Å². The Bertz CT molecular complexity index is 854. The number of nitrogens with one attached hydrogen (secondary N) is 1. The summed E-state index contributed by atoms with van der Waals surface area (Å²) in [6.07, 6.45) is 5.04. The second-order valence-electron chi connectivity index (χ2n) is 5.00. The highest BCUT2D eigenvalue weighted by atomic mass is 79.9. The standard InChI is InChI=1S/C17H15BrN4O3/c1-24-13-8-11(9-14(25-2)16(13)18)17(23)21-12-4-5-15(19-10-12)22-7-3-6-20-22/h3-10H,1-2H3,(H,21,23). The fraction of sp³-hybridized carbons (Fsp3) is 0.118. The molecule has 0 aliphatic carbocycles. The van der Waals surface area contributed by atoms with E-state index in [4.69, 9.17) is 9.47 Å². The second-order valence-corrected chi connectivity index (χ2v) is 5.80. The minimum absolute atomic E-state index is 0.294. The van der Waals surface area contributed by atoms with Gasteiger partial charge in [-0.3, -0.25) is 4.79 Å². The van der Waals surface area contributed by atoms with Crippen molar-refractivity contribution in [1.29, 1.82) is 0 Å². The third kappa shape index (κ3) is 3.63. The van der Waals surface area contributed by atoms with E-state index in [0.29, 0.717) is 33.0 Å². The molecule has 3 rings (SSSR count). The van der Waals surface area contributed by atoms with Crippen molar-refractivity contribution in [1.82, 2.24) is 14.8 Å². The van der Waals surface area contributed by atoms with Gasteiger partial charge < -0.3 is 14.8 Å². The lowest BCUT2D eigenvalue weighted by atomic mass is 10.2. The summed E-state index contributed by atoms with van der Waals surface area (Å²) < 4.78 is 12.8. The zero-order valence-electron chi connectivity index (χ0n) is 13.6. The van der Waals surface area contributed by atoms with Crippen LogP contribution in [0, 0.1) is 0 Å². The van der Waals surface area contributed by atoms with E-state index in [-0.39, 0.29) is 5.91 Å². The monoisotopic (exact) mass is 402 g/mol. The number of amides is 1. The molecule has 0 saturated heterocycles. The summed E-state index contributed by atoms with van der Waals surface area (Å²) >= 11 is 3.38. The lowest BCUT2D eigenvalue weighted by Crippen LogP contribution is -2.13. The summed E-state index contributed by atoms with van der Waals surface area (Å²) in [7, 11) is 3.05. The Morgan fingerprint density at radius 3 is 2.44 bits per heavy atom. The largest absolute Gasteiger partial charge is 0.495 e. The van der Waals surface area contributed by atoms with Crippen molar-refractivity contribution >= 4 is 27.5 Å². The fourth-order valence-corrected chi connectivity index (χ4v) is 2.76. The molecule has 0 spiro atoms. The minimum Gasteiger partial charge on any atom is -0.495 e. The molecule has 3 aromatic rings. The van der Waals surface area contributed by atoms with E-state index in [1.807, 2.05) is 6.07 Å². The first kappa shape index (κ1) is 17.0. The number of halogens is 1. The summed E-state index contributed by atoms with van der Waals surface area (Å²) in [5, 5.41) is 6.90. The van der Waals surface area contributed by atoms with Gasteiger partial charge in [0.05, 0.1) is 26.1 Å². The molecule has 1 N–H and O–H groups in total. The fourth-order valence-electron chi connectivity index (χ4n) is 2.20. The van der Waals surface area contributed by atoms with Gasteiger partial charge in [-0.05, 0) is 46.3 Å². The quantitative estimate of drug-likeness (QED) is 0.708. The van der Waals surface area contributed by atoms with E-state index in [1.165, 1.54) is 14.2 Å². The zero-order chi connectivity index (χ0) is 17.8. The summed E-state index contributed by atoms with van der Waals surface area (Å²) in [4.78, 5) is 16.8. The molecule has 8 heteroatoms. The van der Waals surface area contributed by atoms with Gasteiger partial charge in [0.1, 0.15) is 16.0 Å². The van der Waals surface area contributed by atoms with Crippen LogP contribution in [0.15, 0.2) is 53.4 Å². The van der Waals surface area contributed by atoms with Crippen LogP contribution in [0.1, 0.15) is 10.4 Å². The highest BCUT2D eigenvalue weighted by Crippen LogP contribution is 2.35. The van der Waals surface area contributed by atoms with Crippen LogP contribution in [0.2, 0.25) is 0 Å². The number of nitrogens with zero attached hydrogens (tertiary/aromatic N) is 3. The Morgan fingerprint density at radius 1 is 1.20 bits per heavy atom. The van der Waals surface area contributed by atoms with E-state index in [1.54, 1.807) is 47.5 Å². The molecule has 0 radical (unpaired) electrons.